The Balaban J connectivity index is 0.00000133. The molecule has 1 aromatic rings. The van der Waals surface area contributed by atoms with Crippen molar-refractivity contribution < 1.29 is 9.84 Å². The summed E-state index contributed by atoms with van der Waals surface area (Å²) in [4.78, 5) is 4.12. The van der Waals surface area contributed by atoms with Gasteiger partial charge in [-0.1, -0.05) is 6.42 Å². The Bertz CT molecular complexity index is 406. The third kappa shape index (κ3) is 3.59. The van der Waals surface area contributed by atoms with E-state index in [1.807, 2.05) is 6.07 Å². The van der Waals surface area contributed by atoms with Crippen molar-refractivity contribution in [2.75, 3.05) is 6.54 Å². The topological polar surface area (TPSA) is 54.4 Å². The zero-order valence-electron chi connectivity index (χ0n) is 10.9. The van der Waals surface area contributed by atoms with Gasteiger partial charge in [-0.05, 0) is 38.3 Å². The van der Waals surface area contributed by atoms with E-state index < -0.39 is 6.10 Å². The van der Waals surface area contributed by atoms with Gasteiger partial charge in [0.15, 0.2) is 0 Å². The van der Waals surface area contributed by atoms with E-state index in [9.17, 15) is 5.11 Å². The van der Waals surface area contributed by atoms with Crippen molar-refractivity contribution in [3.05, 3.63) is 24.0 Å². The molecule has 4 nitrogen and oxygen atoms in total. The second kappa shape index (κ2) is 6.55. The molecule has 1 aliphatic carbocycles. The fourth-order valence-corrected chi connectivity index (χ4v) is 2.45. The molecule has 1 saturated heterocycles. The van der Waals surface area contributed by atoms with Gasteiger partial charge in [-0.15, -0.1) is 12.4 Å². The first-order valence-electron chi connectivity index (χ1n) is 6.86. The highest BCUT2D eigenvalue weighted by atomic mass is 35.5. The van der Waals surface area contributed by atoms with Crippen LogP contribution in [-0.4, -0.2) is 28.8 Å². The molecule has 106 valence electrons. The van der Waals surface area contributed by atoms with Gasteiger partial charge in [-0.25, -0.2) is 0 Å². The number of nitrogens with one attached hydrogen (secondary N) is 1. The summed E-state index contributed by atoms with van der Waals surface area (Å²) in [5.74, 6) is 0.798. The molecule has 0 amide bonds. The lowest BCUT2D eigenvalue weighted by atomic mass is 9.95. The summed E-state index contributed by atoms with van der Waals surface area (Å²) < 4.78 is 5.84. The zero-order valence-corrected chi connectivity index (χ0v) is 11.7. The van der Waals surface area contributed by atoms with E-state index in [1.54, 1.807) is 12.4 Å². The average Bonchev–Trinajstić information content (AvgIpc) is 3.24. The van der Waals surface area contributed by atoms with Crippen LogP contribution in [0.25, 0.3) is 0 Å². The number of ether oxygens (including phenoxy) is 1. The maximum absolute atomic E-state index is 10.5. The minimum Gasteiger partial charge on any atom is -0.490 e. The first kappa shape index (κ1) is 14.6. The number of halogens is 1. The molecule has 0 bridgehead atoms. The molecule has 19 heavy (non-hydrogen) atoms. The van der Waals surface area contributed by atoms with Crippen molar-refractivity contribution in [3.8, 4) is 5.75 Å². The van der Waals surface area contributed by atoms with E-state index in [0.29, 0.717) is 6.10 Å². The third-order valence-corrected chi connectivity index (χ3v) is 3.68. The maximum atomic E-state index is 10.5. The number of hydrogen-bond donors (Lipinski definition) is 2. The van der Waals surface area contributed by atoms with Crippen LogP contribution in [0, 0.1) is 0 Å². The lowest BCUT2D eigenvalue weighted by Crippen LogP contribution is -2.39. The van der Waals surface area contributed by atoms with Crippen molar-refractivity contribution in [2.45, 2.75) is 50.4 Å². The van der Waals surface area contributed by atoms with Crippen LogP contribution in [0.4, 0.5) is 0 Å². The molecular formula is C14H21ClN2O2. The Labute approximate surface area is 120 Å². The predicted octanol–water partition coefficient (Wildman–Crippen LogP) is 2.22. The van der Waals surface area contributed by atoms with Crippen molar-refractivity contribution in [1.82, 2.24) is 10.3 Å². The first-order chi connectivity index (χ1) is 8.84. The zero-order chi connectivity index (χ0) is 12.4. The maximum Gasteiger partial charge on any atom is 0.128 e. The van der Waals surface area contributed by atoms with Crippen LogP contribution in [-0.2, 0) is 0 Å². The van der Waals surface area contributed by atoms with Crippen molar-refractivity contribution in [2.24, 2.45) is 0 Å². The highest BCUT2D eigenvalue weighted by Gasteiger charge is 2.29. The van der Waals surface area contributed by atoms with Crippen molar-refractivity contribution in [1.29, 1.82) is 0 Å². The predicted molar refractivity (Wildman–Crippen MR) is 75.7 cm³/mol. The van der Waals surface area contributed by atoms with Gasteiger partial charge in [-0.2, -0.15) is 0 Å². The molecule has 1 aliphatic heterocycles. The number of aromatic nitrogens is 1. The largest absolute Gasteiger partial charge is 0.490 e. The lowest BCUT2D eigenvalue weighted by molar-refractivity contribution is 0.109. The molecule has 2 aliphatic rings. The standard InChI is InChI=1S/C14H20N2O2.ClH/c17-14(12-3-1-2-7-16-12)11-9-15-8-6-13(11)18-10-4-5-10;/h6,8-10,12,14,16-17H,1-5,7H2;1H/t12-,14?;/m1./s1. The first-order valence-corrected chi connectivity index (χ1v) is 6.86. The average molecular weight is 285 g/mol. The summed E-state index contributed by atoms with van der Waals surface area (Å²) in [5.41, 5.74) is 0.823. The minimum absolute atomic E-state index is 0. The summed E-state index contributed by atoms with van der Waals surface area (Å²) in [6, 6.07) is 1.99. The van der Waals surface area contributed by atoms with Crippen LogP contribution < -0.4 is 10.1 Å². The normalized spacial score (nSPS) is 24.4. The van der Waals surface area contributed by atoms with E-state index >= 15 is 0 Å². The lowest BCUT2D eigenvalue weighted by Gasteiger charge is -2.28. The van der Waals surface area contributed by atoms with E-state index in [0.717, 1.165) is 37.1 Å². The van der Waals surface area contributed by atoms with Crippen LogP contribution in [0.15, 0.2) is 18.5 Å². The van der Waals surface area contributed by atoms with Crippen LogP contribution in [0.3, 0.4) is 0 Å². The smallest absolute Gasteiger partial charge is 0.128 e. The van der Waals surface area contributed by atoms with Crippen molar-refractivity contribution >= 4 is 12.4 Å². The van der Waals surface area contributed by atoms with E-state index in [4.69, 9.17) is 4.74 Å². The molecule has 0 radical (unpaired) electrons. The number of pyridine rings is 1. The van der Waals surface area contributed by atoms with Crippen LogP contribution in [0.5, 0.6) is 5.75 Å². The molecule has 2 heterocycles. The minimum atomic E-state index is -0.521. The fraction of sp³-hybridized carbons (Fsp3) is 0.643. The highest BCUT2D eigenvalue weighted by molar-refractivity contribution is 5.85. The molecule has 5 heteroatoms. The molecule has 2 N–H and O–H groups in total. The molecule has 2 atom stereocenters. The Morgan fingerprint density at radius 3 is 2.84 bits per heavy atom. The summed E-state index contributed by atoms with van der Waals surface area (Å²) in [7, 11) is 0. The van der Waals surface area contributed by atoms with Crippen LogP contribution in [0.1, 0.15) is 43.8 Å². The van der Waals surface area contributed by atoms with Gasteiger partial charge < -0.3 is 15.2 Å². The highest BCUT2D eigenvalue weighted by Crippen LogP contribution is 2.33. The number of aliphatic hydroxyl groups is 1. The molecule has 0 aromatic carbocycles. The number of aliphatic hydroxyl groups excluding tert-OH is 1. The number of hydrogen-bond acceptors (Lipinski definition) is 4. The van der Waals surface area contributed by atoms with E-state index in [2.05, 4.69) is 10.3 Å². The monoisotopic (exact) mass is 284 g/mol. The fourth-order valence-electron chi connectivity index (χ4n) is 2.45. The number of piperidine rings is 1. The SMILES string of the molecule is Cl.OC(c1cnccc1OC1CC1)[C@H]1CCCCN1. The Morgan fingerprint density at radius 2 is 2.16 bits per heavy atom. The molecule has 2 fully saturated rings. The third-order valence-electron chi connectivity index (χ3n) is 3.68. The van der Waals surface area contributed by atoms with Crippen LogP contribution >= 0.6 is 12.4 Å². The molecule has 1 aromatic heterocycles. The van der Waals surface area contributed by atoms with Gasteiger partial charge in [0.1, 0.15) is 5.75 Å². The molecule has 0 spiro atoms. The van der Waals surface area contributed by atoms with E-state index in [1.165, 1.54) is 12.8 Å². The Kier molecular flexibility index (Phi) is 5.02. The second-order valence-corrected chi connectivity index (χ2v) is 5.23. The Morgan fingerprint density at radius 1 is 1.32 bits per heavy atom. The summed E-state index contributed by atoms with van der Waals surface area (Å²) in [6.07, 6.45) is 8.92. The number of nitrogens with zero attached hydrogens (tertiary/aromatic N) is 1. The van der Waals surface area contributed by atoms with Gasteiger partial charge in [-0.3, -0.25) is 4.98 Å². The van der Waals surface area contributed by atoms with Gasteiger partial charge in [0.05, 0.1) is 12.2 Å². The number of rotatable bonds is 4. The Hall–Kier alpha value is -0.840. The van der Waals surface area contributed by atoms with Crippen molar-refractivity contribution in [3.63, 3.8) is 0 Å². The van der Waals surface area contributed by atoms with Gasteiger partial charge in [0.25, 0.3) is 0 Å². The summed E-state index contributed by atoms with van der Waals surface area (Å²) in [5, 5.41) is 13.9. The summed E-state index contributed by atoms with van der Waals surface area (Å²) >= 11 is 0. The van der Waals surface area contributed by atoms with E-state index in [-0.39, 0.29) is 18.4 Å². The van der Waals surface area contributed by atoms with Gasteiger partial charge in [0.2, 0.25) is 0 Å². The molecular weight excluding hydrogens is 264 g/mol. The molecule has 3 rings (SSSR count). The quantitative estimate of drug-likeness (QED) is 0.890. The van der Waals surface area contributed by atoms with Gasteiger partial charge >= 0.3 is 0 Å². The second-order valence-electron chi connectivity index (χ2n) is 5.23. The van der Waals surface area contributed by atoms with Crippen LogP contribution in [0.2, 0.25) is 0 Å². The molecule has 1 saturated carbocycles. The molecule has 1 unspecified atom stereocenters. The summed E-state index contributed by atoms with van der Waals surface area (Å²) in [6.45, 7) is 0.987. The van der Waals surface area contributed by atoms with Gasteiger partial charge in [0, 0.05) is 24.0 Å².